The largest absolute Gasteiger partial charge is 0.310 e. The second-order valence-corrected chi connectivity index (χ2v) is 4.10. The Morgan fingerprint density at radius 2 is 1.93 bits per heavy atom. The van der Waals surface area contributed by atoms with Gasteiger partial charge in [-0.25, -0.2) is 0 Å². The van der Waals surface area contributed by atoms with Crippen molar-refractivity contribution in [1.82, 2.24) is 5.32 Å². The number of hydrogen-bond donors (Lipinski definition) is 1. The monoisotopic (exact) mass is 225 g/mol. The van der Waals surface area contributed by atoms with Crippen LogP contribution in [0.5, 0.6) is 0 Å². The van der Waals surface area contributed by atoms with Crippen molar-refractivity contribution in [3.05, 3.63) is 35.4 Å². The maximum atomic E-state index is 3.57. The van der Waals surface area contributed by atoms with Gasteiger partial charge in [-0.2, -0.15) is 0 Å². The summed E-state index contributed by atoms with van der Waals surface area (Å²) in [5, 5.41) is 3.57. The molecule has 1 heterocycles. The third kappa shape index (κ3) is 3.22. The van der Waals surface area contributed by atoms with Crippen LogP contribution >= 0.6 is 12.4 Å². The van der Waals surface area contributed by atoms with Crippen molar-refractivity contribution in [3.8, 4) is 0 Å². The van der Waals surface area contributed by atoms with Crippen molar-refractivity contribution >= 4 is 12.4 Å². The molecular formula is C13H20ClN. The van der Waals surface area contributed by atoms with Gasteiger partial charge in [0.25, 0.3) is 0 Å². The maximum absolute atomic E-state index is 3.57. The summed E-state index contributed by atoms with van der Waals surface area (Å²) in [4.78, 5) is 0. The number of halogens is 1. The minimum Gasteiger partial charge on any atom is -0.310 e. The van der Waals surface area contributed by atoms with Crippen LogP contribution in [0, 0.1) is 0 Å². The van der Waals surface area contributed by atoms with Gasteiger partial charge < -0.3 is 5.32 Å². The first-order valence-corrected chi connectivity index (χ1v) is 5.72. The first-order valence-electron chi connectivity index (χ1n) is 5.72. The standard InChI is InChI=1S/C13H19N.ClH/c1-2-11-6-8-12(9-7-11)13-5-3-4-10-14-13;/h6-9,13-14H,2-5,10H2,1H3;1H/t13-;/m0./s1. The smallest absolute Gasteiger partial charge is 0.0320 e. The number of piperidine rings is 1. The lowest BCUT2D eigenvalue weighted by molar-refractivity contribution is 0.412. The van der Waals surface area contributed by atoms with Gasteiger partial charge in [0.2, 0.25) is 0 Å². The molecule has 15 heavy (non-hydrogen) atoms. The third-order valence-corrected chi connectivity index (χ3v) is 3.10. The SMILES string of the molecule is CCc1ccc([C@@H]2CCCCN2)cc1.Cl. The van der Waals surface area contributed by atoms with Gasteiger partial charge in [0, 0.05) is 6.04 Å². The molecule has 0 radical (unpaired) electrons. The molecule has 2 rings (SSSR count). The van der Waals surface area contributed by atoms with Crippen molar-refractivity contribution in [1.29, 1.82) is 0 Å². The molecule has 1 aromatic rings. The van der Waals surface area contributed by atoms with Crippen LogP contribution < -0.4 is 5.32 Å². The highest BCUT2D eigenvalue weighted by Crippen LogP contribution is 2.22. The van der Waals surface area contributed by atoms with Crippen molar-refractivity contribution in [2.75, 3.05) is 6.54 Å². The van der Waals surface area contributed by atoms with Crippen molar-refractivity contribution in [3.63, 3.8) is 0 Å². The van der Waals surface area contributed by atoms with E-state index in [1.807, 2.05) is 0 Å². The molecule has 2 heteroatoms. The van der Waals surface area contributed by atoms with E-state index in [0.717, 1.165) is 6.42 Å². The van der Waals surface area contributed by atoms with E-state index in [1.165, 1.54) is 36.9 Å². The minimum absolute atomic E-state index is 0. The average molecular weight is 226 g/mol. The maximum Gasteiger partial charge on any atom is 0.0320 e. The van der Waals surface area contributed by atoms with E-state index in [-0.39, 0.29) is 12.4 Å². The fraction of sp³-hybridized carbons (Fsp3) is 0.538. The van der Waals surface area contributed by atoms with Gasteiger partial charge in [-0.1, -0.05) is 37.6 Å². The lowest BCUT2D eigenvalue weighted by Gasteiger charge is -2.23. The van der Waals surface area contributed by atoms with Crippen LogP contribution in [0.25, 0.3) is 0 Å². The van der Waals surface area contributed by atoms with Crippen LogP contribution in [-0.2, 0) is 6.42 Å². The fourth-order valence-electron chi connectivity index (χ4n) is 2.12. The van der Waals surface area contributed by atoms with Crippen LogP contribution in [0.15, 0.2) is 24.3 Å². The Morgan fingerprint density at radius 1 is 1.20 bits per heavy atom. The first-order chi connectivity index (χ1) is 6.90. The second kappa shape index (κ2) is 6.14. The molecule has 1 aliphatic heterocycles. The number of benzene rings is 1. The lowest BCUT2D eigenvalue weighted by atomic mass is 9.96. The number of rotatable bonds is 2. The normalized spacial score (nSPS) is 20.7. The zero-order valence-corrected chi connectivity index (χ0v) is 10.1. The summed E-state index contributed by atoms with van der Waals surface area (Å²) in [6.07, 6.45) is 5.14. The van der Waals surface area contributed by atoms with Crippen molar-refractivity contribution < 1.29 is 0 Å². The third-order valence-electron chi connectivity index (χ3n) is 3.10. The Kier molecular flexibility index (Phi) is 5.13. The van der Waals surface area contributed by atoms with Gasteiger partial charge in [0.05, 0.1) is 0 Å². The molecule has 1 nitrogen and oxygen atoms in total. The molecule has 0 amide bonds. The van der Waals surface area contributed by atoms with Gasteiger partial charge in [0.1, 0.15) is 0 Å². The first kappa shape index (κ1) is 12.5. The topological polar surface area (TPSA) is 12.0 Å². The van der Waals surface area contributed by atoms with E-state index < -0.39 is 0 Å². The summed E-state index contributed by atoms with van der Waals surface area (Å²) in [7, 11) is 0. The Labute approximate surface area is 98.7 Å². The molecule has 1 atom stereocenters. The van der Waals surface area contributed by atoms with Crippen LogP contribution in [0.3, 0.4) is 0 Å². The summed E-state index contributed by atoms with van der Waals surface area (Å²) in [5.74, 6) is 0. The zero-order chi connectivity index (χ0) is 9.80. The Balaban J connectivity index is 0.00000112. The zero-order valence-electron chi connectivity index (χ0n) is 9.33. The Morgan fingerprint density at radius 3 is 2.47 bits per heavy atom. The number of nitrogens with one attached hydrogen (secondary N) is 1. The van der Waals surface area contributed by atoms with Gasteiger partial charge >= 0.3 is 0 Å². The highest BCUT2D eigenvalue weighted by molar-refractivity contribution is 5.85. The summed E-state index contributed by atoms with van der Waals surface area (Å²) in [5.41, 5.74) is 2.89. The van der Waals surface area contributed by atoms with Crippen LogP contribution in [0.1, 0.15) is 43.4 Å². The molecule has 84 valence electrons. The Hall–Kier alpha value is -0.530. The predicted molar refractivity (Wildman–Crippen MR) is 67.7 cm³/mol. The fourth-order valence-corrected chi connectivity index (χ4v) is 2.12. The molecule has 0 aliphatic carbocycles. The van der Waals surface area contributed by atoms with Crippen LogP contribution in [-0.4, -0.2) is 6.54 Å². The number of hydrogen-bond acceptors (Lipinski definition) is 1. The van der Waals surface area contributed by atoms with Crippen LogP contribution in [0.2, 0.25) is 0 Å². The van der Waals surface area contributed by atoms with E-state index in [1.54, 1.807) is 0 Å². The van der Waals surface area contributed by atoms with Gasteiger partial charge in [-0.3, -0.25) is 0 Å². The van der Waals surface area contributed by atoms with E-state index >= 15 is 0 Å². The molecule has 1 aromatic carbocycles. The number of aryl methyl sites for hydroxylation is 1. The molecule has 0 aromatic heterocycles. The Bertz CT molecular complexity index is 275. The lowest BCUT2D eigenvalue weighted by Crippen LogP contribution is -2.26. The molecule has 0 bridgehead atoms. The molecule has 0 saturated carbocycles. The average Bonchev–Trinajstić information content (AvgIpc) is 2.30. The quantitative estimate of drug-likeness (QED) is 0.813. The summed E-state index contributed by atoms with van der Waals surface area (Å²) in [6, 6.07) is 9.68. The highest BCUT2D eigenvalue weighted by Gasteiger charge is 2.13. The predicted octanol–water partition coefficient (Wildman–Crippen LogP) is 3.49. The molecule has 1 N–H and O–H groups in total. The summed E-state index contributed by atoms with van der Waals surface area (Å²) >= 11 is 0. The van der Waals surface area contributed by atoms with Crippen molar-refractivity contribution in [2.45, 2.75) is 38.6 Å². The molecule has 0 spiro atoms. The van der Waals surface area contributed by atoms with Gasteiger partial charge in [-0.05, 0) is 36.9 Å². The minimum atomic E-state index is 0. The van der Waals surface area contributed by atoms with Crippen molar-refractivity contribution in [2.24, 2.45) is 0 Å². The van der Waals surface area contributed by atoms with E-state index in [4.69, 9.17) is 0 Å². The van der Waals surface area contributed by atoms with Gasteiger partial charge in [-0.15, -0.1) is 12.4 Å². The summed E-state index contributed by atoms with van der Waals surface area (Å²) in [6.45, 7) is 3.38. The second-order valence-electron chi connectivity index (χ2n) is 4.10. The highest BCUT2D eigenvalue weighted by atomic mass is 35.5. The molecule has 1 aliphatic rings. The summed E-state index contributed by atoms with van der Waals surface area (Å²) < 4.78 is 0. The van der Waals surface area contributed by atoms with E-state index in [9.17, 15) is 0 Å². The van der Waals surface area contributed by atoms with Crippen LogP contribution in [0.4, 0.5) is 0 Å². The van der Waals surface area contributed by atoms with E-state index in [2.05, 4.69) is 36.5 Å². The molecular weight excluding hydrogens is 206 g/mol. The van der Waals surface area contributed by atoms with Gasteiger partial charge in [0.15, 0.2) is 0 Å². The molecule has 0 unspecified atom stereocenters. The van der Waals surface area contributed by atoms with E-state index in [0.29, 0.717) is 6.04 Å². The molecule has 1 saturated heterocycles. The molecule has 1 fully saturated rings.